The fourth-order valence-corrected chi connectivity index (χ4v) is 4.21. The number of hydrogen-bond acceptors (Lipinski definition) is 3. The monoisotopic (exact) mass is 405 g/mol. The van der Waals surface area contributed by atoms with Crippen LogP contribution in [0.5, 0.6) is 0 Å². The van der Waals surface area contributed by atoms with Gasteiger partial charge in [-0.2, -0.15) is 5.10 Å². The summed E-state index contributed by atoms with van der Waals surface area (Å²) in [6, 6.07) is 16.2. The van der Waals surface area contributed by atoms with E-state index in [1.165, 1.54) is 0 Å². The lowest BCUT2D eigenvalue weighted by atomic mass is 10.3. The molecule has 0 saturated heterocycles. The fourth-order valence-electron chi connectivity index (χ4n) is 2.44. The first kappa shape index (κ1) is 16.7. The third-order valence-corrected chi connectivity index (χ3v) is 5.48. The van der Waals surface area contributed by atoms with Crippen LogP contribution in [-0.4, -0.2) is 18.2 Å². The summed E-state index contributed by atoms with van der Waals surface area (Å²) >= 11 is 3.29. The van der Waals surface area contributed by atoms with Gasteiger partial charge in [-0.25, -0.2) is 13.1 Å². The predicted molar refractivity (Wildman–Crippen MR) is 98.0 cm³/mol. The van der Waals surface area contributed by atoms with E-state index >= 15 is 0 Å². The molecule has 0 aliphatic heterocycles. The number of para-hydroxylation sites is 1. The second kappa shape index (κ2) is 6.41. The van der Waals surface area contributed by atoms with Crippen LogP contribution in [0.1, 0.15) is 11.4 Å². The number of aryl methyl sites for hydroxylation is 1. The number of anilines is 1. The van der Waals surface area contributed by atoms with E-state index in [0.717, 1.165) is 11.4 Å². The highest BCUT2D eigenvalue weighted by molar-refractivity contribution is 9.10. The van der Waals surface area contributed by atoms with Gasteiger partial charge in [-0.05, 0) is 44.2 Å². The summed E-state index contributed by atoms with van der Waals surface area (Å²) in [5, 5.41) is 4.46. The number of hydrogen-bond donors (Lipinski definition) is 1. The van der Waals surface area contributed by atoms with Gasteiger partial charge in [0.05, 0.1) is 27.7 Å². The normalized spacial score (nSPS) is 11.5. The molecule has 0 aliphatic carbocycles. The van der Waals surface area contributed by atoms with Crippen molar-refractivity contribution in [2.75, 3.05) is 4.72 Å². The summed E-state index contributed by atoms with van der Waals surface area (Å²) in [5.41, 5.74) is 2.73. The third kappa shape index (κ3) is 3.22. The topological polar surface area (TPSA) is 64.0 Å². The van der Waals surface area contributed by atoms with Gasteiger partial charge in [0.15, 0.2) is 0 Å². The molecule has 1 N–H and O–H groups in total. The van der Waals surface area contributed by atoms with Crippen LogP contribution in [0, 0.1) is 13.8 Å². The van der Waals surface area contributed by atoms with Crippen LogP contribution in [0.25, 0.3) is 5.69 Å². The number of nitrogens with zero attached hydrogens (tertiary/aromatic N) is 2. The van der Waals surface area contributed by atoms with Crippen LogP contribution in [0.4, 0.5) is 5.69 Å². The van der Waals surface area contributed by atoms with Crippen LogP contribution in [0.2, 0.25) is 0 Å². The molecular weight excluding hydrogens is 390 g/mol. The molecule has 7 heteroatoms. The average molecular weight is 406 g/mol. The van der Waals surface area contributed by atoms with Gasteiger partial charge >= 0.3 is 0 Å². The Bertz CT molecular complexity index is 982. The smallest absolute Gasteiger partial charge is 0.262 e. The summed E-state index contributed by atoms with van der Waals surface area (Å²) in [7, 11) is -3.68. The summed E-state index contributed by atoms with van der Waals surface area (Å²) in [4.78, 5) is 0.197. The summed E-state index contributed by atoms with van der Waals surface area (Å²) in [6.07, 6.45) is 0. The maximum atomic E-state index is 12.6. The predicted octanol–water partition coefficient (Wildman–Crippen LogP) is 4.05. The molecule has 0 unspecified atom stereocenters. The molecule has 3 rings (SSSR count). The zero-order valence-corrected chi connectivity index (χ0v) is 15.6. The third-order valence-electron chi connectivity index (χ3n) is 3.63. The lowest BCUT2D eigenvalue weighted by Crippen LogP contribution is -2.14. The van der Waals surface area contributed by atoms with E-state index in [4.69, 9.17) is 0 Å². The SMILES string of the molecule is Cc1nn(-c2ccccc2)c(C)c1NS(=O)(=O)c1cccc(Br)c1. The molecular formula is C17H16BrN3O2S. The van der Waals surface area contributed by atoms with E-state index in [1.54, 1.807) is 35.9 Å². The second-order valence-corrected chi connectivity index (χ2v) is 7.95. The van der Waals surface area contributed by atoms with E-state index in [0.29, 0.717) is 15.9 Å². The Balaban J connectivity index is 2.01. The van der Waals surface area contributed by atoms with Crippen LogP contribution < -0.4 is 4.72 Å². The van der Waals surface area contributed by atoms with Gasteiger partial charge < -0.3 is 0 Å². The number of aromatic nitrogens is 2. The van der Waals surface area contributed by atoms with Crippen molar-refractivity contribution in [1.82, 2.24) is 9.78 Å². The zero-order chi connectivity index (χ0) is 17.3. The number of benzene rings is 2. The number of sulfonamides is 1. The Morgan fingerprint density at radius 1 is 1.04 bits per heavy atom. The second-order valence-electron chi connectivity index (χ2n) is 5.36. The molecule has 5 nitrogen and oxygen atoms in total. The quantitative estimate of drug-likeness (QED) is 0.711. The van der Waals surface area contributed by atoms with Crippen LogP contribution in [0.3, 0.4) is 0 Å². The highest BCUT2D eigenvalue weighted by Crippen LogP contribution is 2.26. The van der Waals surface area contributed by atoms with E-state index in [9.17, 15) is 8.42 Å². The summed E-state index contributed by atoms with van der Waals surface area (Å²) in [6.45, 7) is 3.62. The van der Waals surface area contributed by atoms with Crippen molar-refractivity contribution in [3.63, 3.8) is 0 Å². The molecule has 2 aromatic carbocycles. The Kier molecular flexibility index (Phi) is 4.47. The average Bonchev–Trinajstić information content (AvgIpc) is 2.83. The van der Waals surface area contributed by atoms with Crippen molar-refractivity contribution >= 4 is 31.6 Å². The maximum absolute atomic E-state index is 12.6. The minimum atomic E-state index is -3.68. The molecule has 0 saturated carbocycles. The van der Waals surface area contributed by atoms with Gasteiger partial charge in [0, 0.05) is 4.47 Å². The molecule has 0 atom stereocenters. The lowest BCUT2D eigenvalue weighted by Gasteiger charge is -2.09. The molecule has 0 spiro atoms. The van der Waals surface area contributed by atoms with E-state index in [1.807, 2.05) is 37.3 Å². The molecule has 124 valence electrons. The lowest BCUT2D eigenvalue weighted by molar-refractivity contribution is 0.601. The molecule has 0 radical (unpaired) electrons. The van der Waals surface area contributed by atoms with Crippen molar-refractivity contribution in [2.45, 2.75) is 18.7 Å². The highest BCUT2D eigenvalue weighted by Gasteiger charge is 2.20. The summed E-state index contributed by atoms with van der Waals surface area (Å²) in [5.74, 6) is 0. The zero-order valence-electron chi connectivity index (χ0n) is 13.2. The maximum Gasteiger partial charge on any atom is 0.262 e. The van der Waals surface area contributed by atoms with Gasteiger partial charge in [0.1, 0.15) is 0 Å². The van der Waals surface area contributed by atoms with Crippen molar-refractivity contribution in [3.8, 4) is 5.69 Å². The van der Waals surface area contributed by atoms with Crippen LogP contribution in [-0.2, 0) is 10.0 Å². The Hall–Kier alpha value is -2.12. The van der Waals surface area contributed by atoms with E-state index in [2.05, 4.69) is 25.8 Å². The van der Waals surface area contributed by atoms with Crippen molar-refractivity contribution < 1.29 is 8.42 Å². The van der Waals surface area contributed by atoms with E-state index in [-0.39, 0.29) is 4.90 Å². The Morgan fingerprint density at radius 2 is 1.75 bits per heavy atom. The Morgan fingerprint density at radius 3 is 2.42 bits per heavy atom. The van der Waals surface area contributed by atoms with E-state index < -0.39 is 10.0 Å². The molecule has 0 fully saturated rings. The number of halogens is 1. The van der Waals surface area contributed by atoms with Gasteiger partial charge in [0.2, 0.25) is 0 Å². The van der Waals surface area contributed by atoms with Gasteiger partial charge in [0.25, 0.3) is 10.0 Å². The highest BCUT2D eigenvalue weighted by atomic mass is 79.9. The van der Waals surface area contributed by atoms with Crippen LogP contribution in [0.15, 0.2) is 64.0 Å². The largest absolute Gasteiger partial charge is 0.276 e. The molecule has 1 aromatic heterocycles. The summed E-state index contributed by atoms with van der Waals surface area (Å²) < 4.78 is 30.4. The first-order chi connectivity index (χ1) is 11.4. The van der Waals surface area contributed by atoms with Gasteiger partial charge in [-0.15, -0.1) is 0 Å². The Labute approximate surface area is 149 Å². The van der Waals surface area contributed by atoms with Gasteiger partial charge in [-0.1, -0.05) is 40.2 Å². The number of nitrogens with one attached hydrogen (secondary N) is 1. The molecule has 0 aliphatic rings. The minimum absolute atomic E-state index is 0.197. The molecule has 24 heavy (non-hydrogen) atoms. The first-order valence-electron chi connectivity index (χ1n) is 7.28. The standard InChI is InChI=1S/C17H16BrN3O2S/c1-12-17(13(2)21(19-12)15-8-4-3-5-9-15)20-24(22,23)16-10-6-7-14(18)11-16/h3-11,20H,1-2H3. The molecule has 1 heterocycles. The van der Waals surface area contributed by atoms with Crippen LogP contribution >= 0.6 is 15.9 Å². The van der Waals surface area contributed by atoms with Gasteiger partial charge in [-0.3, -0.25) is 4.72 Å². The first-order valence-corrected chi connectivity index (χ1v) is 9.56. The molecule has 0 bridgehead atoms. The molecule has 0 amide bonds. The van der Waals surface area contributed by atoms with Crippen molar-refractivity contribution in [1.29, 1.82) is 0 Å². The molecule has 3 aromatic rings. The number of rotatable bonds is 4. The van der Waals surface area contributed by atoms with Crippen molar-refractivity contribution in [3.05, 3.63) is 70.5 Å². The fraction of sp³-hybridized carbons (Fsp3) is 0.118. The minimum Gasteiger partial charge on any atom is -0.276 e. The van der Waals surface area contributed by atoms with Crippen molar-refractivity contribution in [2.24, 2.45) is 0 Å².